The maximum atomic E-state index is 12.7. The lowest BCUT2D eigenvalue weighted by Crippen LogP contribution is -2.22. The zero-order chi connectivity index (χ0) is 21.8. The predicted molar refractivity (Wildman–Crippen MR) is 113 cm³/mol. The Bertz CT molecular complexity index is 951. The van der Waals surface area contributed by atoms with E-state index in [9.17, 15) is 19.7 Å². The van der Waals surface area contributed by atoms with E-state index in [2.05, 4.69) is 12.2 Å². The Labute approximate surface area is 178 Å². The van der Waals surface area contributed by atoms with Crippen molar-refractivity contribution in [2.75, 3.05) is 11.9 Å². The molecule has 0 fully saturated rings. The summed E-state index contributed by atoms with van der Waals surface area (Å²) < 4.78 is 10.8. The molecule has 0 radical (unpaired) electrons. The molecule has 1 aromatic heterocycles. The van der Waals surface area contributed by atoms with Crippen molar-refractivity contribution in [1.82, 2.24) is 0 Å². The number of amides is 1. The van der Waals surface area contributed by atoms with Gasteiger partial charge in [-0.05, 0) is 56.7 Å². The molecule has 3 rings (SSSR count). The average molecular weight is 432 g/mol. The van der Waals surface area contributed by atoms with Crippen molar-refractivity contribution in [3.63, 3.8) is 0 Å². The Hall–Kier alpha value is -2.94. The van der Waals surface area contributed by atoms with E-state index in [1.807, 2.05) is 0 Å². The summed E-state index contributed by atoms with van der Waals surface area (Å²) in [6.07, 6.45) is 2.38. The van der Waals surface area contributed by atoms with Crippen molar-refractivity contribution in [2.45, 2.75) is 46.1 Å². The number of ether oxygens (including phenoxy) is 2. The van der Waals surface area contributed by atoms with Crippen LogP contribution in [0.2, 0.25) is 0 Å². The van der Waals surface area contributed by atoms with Crippen molar-refractivity contribution in [3.8, 4) is 5.75 Å². The molecule has 160 valence electrons. The van der Waals surface area contributed by atoms with Gasteiger partial charge in [-0.25, -0.2) is 4.79 Å². The van der Waals surface area contributed by atoms with Gasteiger partial charge in [-0.3, -0.25) is 14.9 Å². The first kappa shape index (κ1) is 21.8. The second-order valence-corrected chi connectivity index (χ2v) is 8.70. The van der Waals surface area contributed by atoms with Crippen LogP contribution in [-0.4, -0.2) is 29.5 Å². The van der Waals surface area contributed by atoms with E-state index in [0.717, 1.165) is 29.7 Å². The van der Waals surface area contributed by atoms with Crippen LogP contribution in [0.25, 0.3) is 0 Å². The van der Waals surface area contributed by atoms with Crippen molar-refractivity contribution in [3.05, 3.63) is 50.4 Å². The van der Waals surface area contributed by atoms with Crippen LogP contribution >= 0.6 is 11.3 Å². The predicted octanol–water partition coefficient (Wildman–Crippen LogP) is 4.36. The third-order valence-corrected chi connectivity index (χ3v) is 5.90. The fourth-order valence-electron chi connectivity index (χ4n) is 3.30. The van der Waals surface area contributed by atoms with Gasteiger partial charge in [0.2, 0.25) is 0 Å². The monoisotopic (exact) mass is 432 g/mol. The Balaban J connectivity index is 1.72. The molecule has 0 bridgehead atoms. The van der Waals surface area contributed by atoms with Gasteiger partial charge in [-0.15, -0.1) is 11.3 Å². The number of esters is 1. The summed E-state index contributed by atoms with van der Waals surface area (Å²) in [7, 11) is 0. The van der Waals surface area contributed by atoms with E-state index < -0.39 is 16.8 Å². The zero-order valence-electron chi connectivity index (χ0n) is 17.1. The first-order chi connectivity index (χ1) is 14.2. The molecule has 0 spiro atoms. The minimum absolute atomic E-state index is 0.0569. The number of nitrogens with one attached hydrogen (secondary N) is 1. The number of carbonyl (C=O) groups excluding carboxylic acids is 2. The second-order valence-electron chi connectivity index (χ2n) is 7.60. The number of thiophene rings is 1. The molecule has 1 aliphatic rings. The molecule has 0 saturated heterocycles. The Morgan fingerprint density at radius 2 is 2.00 bits per heavy atom. The van der Waals surface area contributed by atoms with Crippen LogP contribution in [0.15, 0.2) is 24.3 Å². The Morgan fingerprint density at radius 1 is 1.30 bits per heavy atom. The molecule has 0 aliphatic heterocycles. The summed E-state index contributed by atoms with van der Waals surface area (Å²) in [5.74, 6) is 0.0240. The second kappa shape index (κ2) is 9.25. The summed E-state index contributed by atoms with van der Waals surface area (Å²) in [5, 5.41) is 14.0. The van der Waals surface area contributed by atoms with Gasteiger partial charge < -0.3 is 14.8 Å². The van der Waals surface area contributed by atoms with E-state index in [-0.39, 0.29) is 18.4 Å². The standard InChI is InChI=1S/C21H24N2O6S/c1-12(2)29-21(25)19-16-9-4-13(3)10-17(16)30-20(19)22-18(24)11-28-15-7-5-14(6-8-15)23(26)27/h5-8,12-13H,4,9-11H2,1-3H3,(H,22,24). The van der Waals surface area contributed by atoms with Crippen molar-refractivity contribution >= 4 is 33.9 Å². The highest BCUT2D eigenvalue weighted by Gasteiger charge is 2.29. The van der Waals surface area contributed by atoms with Gasteiger partial charge in [-0.2, -0.15) is 0 Å². The van der Waals surface area contributed by atoms with Gasteiger partial charge in [0.25, 0.3) is 11.6 Å². The summed E-state index contributed by atoms with van der Waals surface area (Å²) in [5.41, 5.74) is 1.35. The van der Waals surface area contributed by atoms with Gasteiger partial charge >= 0.3 is 5.97 Å². The third-order valence-electron chi connectivity index (χ3n) is 4.73. The molecular formula is C21H24N2O6S. The van der Waals surface area contributed by atoms with Gasteiger partial charge in [-0.1, -0.05) is 6.92 Å². The zero-order valence-corrected chi connectivity index (χ0v) is 17.9. The molecule has 8 nitrogen and oxygen atoms in total. The normalized spacial score (nSPS) is 15.4. The highest BCUT2D eigenvalue weighted by atomic mass is 32.1. The molecule has 1 aromatic carbocycles. The molecule has 2 aromatic rings. The number of hydrogen-bond donors (Lipinski definition) is 1. The summed E-state index contributed by atoms with van der Waals surface area (Å²) >= 11 is 1.41. The summed E-state index contributed by atoms with van der Waals surface area (Å²) in [4.78, 5) is 36.4. The molecule has 1 aliphatic carbocycles. The number of carbonyl (C=O) groups is 2. The molecule has 1 unspecified atom stereocenters. The summed E-state index contributed by atoms with van der Waals surface area (Å²) in [6.45, 7) is 5.46. The minimum Gasteiger partial charge on any atom is -0.484 e. The molecule has 9 heteroatoms. The smallest absolute Gasteiger partial charge is 0.341 e. The van der Waals surface area contributed by atoms with Gasteiger partial charge in [0.1, 0.15) is 10.8 Å². The van der Waals surface area contributed by atoms with Crippen molar-refractivity contribution in [1.29, 1.82) is 0 Å². The highest BCUT2D eigenvalue weighted by molar-refractivity contribution is 7.17. The molecule has 1 atom stereocenters. The number of rotatable bonds is 7. The number of benzene rings is 1. The van der Waals surface area contributed by atoms with E-state index in [4.69, 9.17) is 9.47 Å². The molecule has 30 heavy (non-hydrogen) atoms. The van der Waals surface area contributed by atoms with E-state index in [1.54, 1.807) is 13.8 Å². The van der Waals surface area contributed by atoms with Gasteiger partial charge in [0, 0.05) is 17.0 Å². The Morgan fingerprint density at radius 3 is 2.63 bits per heavy atom. The number of nitro benzene ring substituents is 1. The molecular weight excluding hydrogens is 408 g/mol. The number of fused-ring (bicyclic) bond motifs is 1. The third kappa shape index (κ3) is 5.15. The quantitative estimate of drug-likeness (QED) is 0.396. The lowest BCUT2D eigenvalue weighted by atomic mass is 9.88. The number of non-ortho nitro benzene ring substituents is 1. The van der Waals surface area contributed by atoms with Crippen LogP contribution in [-0.2, 0) is 22.4 Å². The van der Waals surface area contributed by atoms with Crippen LogP contribution in [0.5, 0.6) is 5.75 Å². The lowest BCUT2D eigenvalue weighted by Gasteiger charge is -2.18. The van der Waals surface area contributed by atoms with Crippen molar-refractivity contribution in [2.24, 2.45) is 5.92 Å². The van der Waals surface area contributed by atoms with E-state index in [1.165, 1.54) is 35.6 Å². The number of nitro groups is 1. The van der Waals surface area contributed by atoms with E-state index >= 15 is 0 Å². The maximum absolute atomic E-state index is 12.7. The van der Waals surface area contributed by atoms with Crippen LogP contribution < -0.4 is 10.1 Å². The number of nitrogens with zero attached hydrogens (tertiary/aromatic N) is 1. The number of anilines is 1. The fourth-order valence-corrected chi connectivity index (χ4v) is 4.72. The molecule has 1 amide bonds. The molecule has 1 heterocycles. The fraction of sp³-hybridized carbons (Fsp3) is 0.429. The largest absolute Gasteiger partial charge is 0.484 e. The molecule has 1 N–H and O–H groups in total. The first-order valence-electron chi connectivity index (χ1n) is 9.77. The Kier molecular flexibility index (Phi) is 6.71. The van der Waals surface area contributed by atoms with E-state index in [0.29, 0.717) is 22.2 Å². The maximum Gasteiger partial charge on any atom is 0.341 e. The van der Waals surface area contributed by atoms with Crippen molar-refractivity contribution < 1.29 is 24.0 Å². The summed E-state index contributed by atoms with van der Waals surface area (Å²) in [6, 6.07) is 5.48. The minimum atomic E-state index is -0.506. The van der Waals surface area contributed by atoms with Gasteiger partial charge in [0.15, 0.2) is 6.61 Å². The average Bonchev–Trinajstić information content (AvgIpc) is 3.02. The molecule has 0 saturated carbocycles. The topological polar surface area (TPSA) is 108 Å². The van der Waals surface area contributed by atoms with Crippen LogP contribution in [0.3, 0.4) is 0 Å². The van der Waals surface area contributed by atoms with Crippen LogP contribution in [0.1, 0.15) is 48.0 Å². The number of hydrogen-bond acceptors (Lipinski definition) is 7. The SMILES string of the molecule is CC1CCc2c(sc(NC(=O)COc3ccc([N+](=O)[O-])cc3)c2C(=O)OC(C)C)C1. The van der Waals surface area contributed by atoms with Gasteiger partial charge in [0.05, 0.1) is 16.6 Å². The van der Waals surface area contributed by atoms with Crippen LogP contribution in [0.4, 0.5) is 10.7 Å². The van der Waals surface area contributed by atoms with Crippen LogP contribution in [0, 0.1) is 16.0 Å². The lowest BCUT2D eigenvalue weighted by molar-refractivity contribution is -0.384. The highest BCUT2D eigenvalue weighted by Crippen LogP contribution is 2.40. The first-order valence-corrected chi connectivity index (χ1v) is 10.6.